The van der Waals surface area contributed by atoms with Gasteiger partial charge in [0.05, 0.1) is 46.5 Å². The SMILES string of the molecule is CCOc1ccc(N2CC=C[C@]3(C)S[C@]45C=CCN(c6c(C)cccc6Cl)C(=O)C4N([C@@H](CO)CC(C)C)C(=O)[C@@H]5[C@@H]3C2=O)cc1. The number of fused-ring (bicyclic) bond motifs is 2. The molecule has 46 heavy (non-hydrogen) atoms. The van der Waals surface area contributed by atoms with E-state index in [2.05, 4.69) is 0 Å². The smallest absolute Gasteiger partial charge is 0.251 e. The fraction of sp³-hybridized carbons (Fsp3) is 0.472. The predicted octanol–water partition coefficient (Wildman–Crippen LogP) is 5.65. The van der Waals surface area contributed by atoms with Crippen LogP contribution in [0.5, 0.6) is 5.75 Å². The summed E-state index contributed by atoms with van der Waals surface area (Å²) in [4.78, 5) is 49.7. The second kappa shape index (κ2) is 12.4. The Balaban J connectivity index is 1.48. The molecule has 2 aromatic carbocycles. The highest BCUT2D eigenvalue weighted by molar-refractivity contribution is 8.02. The number of rotatable bonds is 8. The monoisotopic (exact) mass is 663 g/mol. The molecule has 2 saturated heterocycles. The Labute approximate surface area is 280 Å². The molecule has 2 fully saturated rings. The summed E-state index contributed by atoms with van der Waals surface area (Å²) in [6.45, 7) is 10.8. The van der Waals surface area contributed by atoms with Crippen LogP contribution in [0.25, 0.3) is 0 Å². The normalized spacial score (nSPS) is 29.5. The molecule has 0 bridgehead atoms. The molecule has 4 aliphatic heterocycles. The van der Waals surface area contributed by atoms with E-state index in [0.717, 1.165) is 5.56 Å². The second-order valence-electron chi connectivity index (χ2n) is 13.2. The van der Waals surface area contributed by atoms with Crippen molar-refractivity contribution in [2.45, 2.75) is 62.6 Å². The van der Waals surface area contributed by atoms with Gasteiger partial charge in [-0.15, -0.1) is 11.8 Å². The van der Waals surface area contributed by atoms with Crippen molar-refractivity contribution in [3.05, 3.63) is 77.4 Å². The van der Waals surface area contributed by atoms with Gasteiger partial charge in [-0.25, -0.2) is 0 Å². The maximum absolute atomic E-state index is 15.0. The number of thioether (sulfide) groups is 1. The summed E-state index contributed by atoms with van der Waals surface area (Å²) in [5.41, 5.74) is 2.17. The zero-order valence-corrected chi connectivity index (χ0v) is 28.6. The first kappa shape index (κ1) is 32.7. The number of nitrogens with zero attached hydrogens (tertiary/aromatic N) is 3. The van der Waals surface area contributed by atoms with Gasteiger partial charge in [0.15, 0.2) is 0 Å². The number of carbonyl (C=O) groups excluding carboxylic acids is 3. The number of para-hydroxylation sites is 1. The number of benzene rings is 2. The second-order valence-corrected chi connectivity index (χ2v) is 15.4. The average Bonchev–Trinajstić information content (AvgIpc) is 3.29. The van der Waals surface area contributed by atoms with Gasteiger partial charge in [0.25, 0.3) is 5.91 Å². The zero-order valence-electron chi connectivity index (χ0n) is 27.0. The van der Waals surface area contributed by atoms with Crippen LogP contribution in [0.15, 0.2) is 66.8 Å². The topological polar surface area (TPSA) is 90.4 Å². The predicted molar refractivity (Wildman–Crippen MR) is 183 cm³/mol. The van der Waals surface area contributed by atoms with E-state index in [1.807, 2.05) is 95.3 Å². The summed E-state index contributed by atoms with van der Waals surface area (Å²) in [6.07, 6.45) is 8.50. The van der Waals surface area contributed by atoms with E-state index in [9.17, 15) is 19.5 Å². The first-order valence-electron chi connectivity index (χ1n) is 16.1. The van der Waals surface area contributed by atoms with E-state index in [-0.39, 0.29) is 36.8 Å². The van der Waals surface area contributed by atoms with Crippen molar-refractivity contribution < 1.29 is 24.2 Å². The van der Waals surface area contributed by atoms with Crippen LogP contribution >= 0.6 is 23.4 Å². The summed E-state index contributed by atoms with van der Waals surface area (Å²) in [7, 11) is 0. The van der Waals surface area contributed by atoms with E-state index in [1.165, 1.54) is 11.8 Å². The molecule has 6 rings (SSSR count). The lowest BCUT2D eigenvalue weighted by Crippen LogP contribution is -2.57. The molecule has 0 aliphatic carbocycles. The number of hydrogen-bond donors (Lipinski definition) is 1. The Kier molecular flexibility index (Phi) is 8.80. The third kappa shape index (κ3) is 5.15. The van der Waals surface area contributed by atoms with Crippen LogP contribution in [0.3, 0.4) is 0 Å². The van der Waals surface area contributed by atoms with Gasteiger partial charge >= 0.3 is 0 Å². The Hall–Kier alpha value is -3.27. The van der Waals surface area contributed by atoms with Crippen LogP contribution in [0.1, 0.15) is 39.7 Å². The van der Waals surface area contributed by atoms with Crippen molar-refractivity contribution in [2.24, 2.45) is 17.8 Å². The molecule has 244 valence electrons. The van der Waals surface area contributed by atoms with Crippen LogP contribution in [-0.2, 0) is 14.4 Å². The van der Waals surface area contributed by atoms with Crippen LogP contribution in [0, 0.1) is 24.7 Å². The summed E-state index contributed by atoms with van der Waals surface area (Å²) in [5.74, 6) is -1.37. The van der Waals surface area contributed by atoms with E-state index < -0.39 is 33.4 Å². The minimum Gasteiger partial charge on any atom is -0.494 e. The largest absolute Gasteiger partial charge is 0.494 e. The molecular formula is C36H42ClN3O5S. The maximum Gasteiger partial charge on any atom is 0.251 e. The van der Waals surface area contributed by atoms with E-state index in [0.29, 0.717) is 41.7 Å². The molecular weight excluding hydrogens is 622 g/mol. The molecule has 0 saturated carbocycles. The Morgan fingerprint density at radius 3 is 2.33 bits per heavy atom. The molecule has 0 aromatic heterocycles. The first-order chi connectivity index (χ1) is 22.0. The van der Waals surface area contributed by atoms with E-state index in [4.69, 9.17) is 16.3 Å². The molecule has 4 heterocycles. The van der Waals surface area contributed by atoms with Gasteiger partial charge in [0, 0.05) is 23.5 Å². The minimum atomic E-state index is -1.04. The fourth-order valence-corrected chi connectivity index (χ4v) is 10.4. The third-order valence-corrected chi connectivity index (χ3v) is 11.9. The summed E-state index contributed by atoms with van der Waals surface area (Å²) in [6, 6.07) is 11.4. The van der Waals surface area contributed by atoms with Crippen LogP contribution in [0.4, 0.5) is 11.4 Å². The number of aliphatic hydroxyl groups is 1. The van der Waals surface area contributed by atoms with Crippen LogP contribution in [-0.4, -0.2) is 75.6 Å². The van der Waals surface area contributed by atoms with Crippen molar-refractivity contribution in [1.82, 2.24) is 4.90 Å². The van der Waals surface area contributed by atoms with Gasteiger partial charge in [-0.1, -0.05) is 61.9 Å². The number of anilines is 2. The highest BCUT2D eigenvalue weighted by atomic mass is 35.5. The number of aliphatic hydroxyl groups excluding tert-OH is 1. The summed E-state index contributed by atoms with van der Waals surface area (Å²) < 4.78 is 3.83. The Morgan fingerprint density at radius 2 is 1.67 bits per heavy atom. The number of amides is 3. The molecule has 2 aromatic rings. The quantitative estimate of drug-likeness (QED) is 0.368. The molecule has 10 heteroatoms. The van der Waals surface area contributed by atoms with Crippen molar-refractivity contribution in [1.29, 1.82) is 0 Å². The first-order valence-corrected chi connectivity index (χ1v) is 17.3. The molecule has 1 spiro atoms. The molecule has 3 amide bonds. The Bertz CT molecular complexity index is 1570. The highest BCUT2D eigenvalue weighted by Crippen LogP contribution is 2.66. The molecule has 6 atom stereocenters. The van der Waals surface area contributed by atoms with Crippen molar-refractivity contribution in [3.8, 4) is 5.75 Å². The van der Waals surface area contributed by atoms with Crippen LogP contribution in [0.2, 0.25) is 5.02 Å². The van der Waals surface area contributed by atoms with Gasteiger partial charge in [-0.05, 0) is 69.0 Å². The number of likely N-dealkylation sites (tertiary alicyclic amines) is 1. The lowest BCUT2D eigenvalue weighted by molar-refractivity contribution is -0.142. The molecule has 8 nitrogen and oxygen atoms in total. The van der Waals surface area contributed by atoms with Crippen LogP contribution < -0.4 is 14.5 Å². The van der Waals surface area contributed by atoms with Gasteiger partial charge in [0.2, 0.25) is 11.8 Å². The number of ether oxygens (including phenoxy) is 1. The van der Waals surface area contributed by atoms with E-state index in [1.54, 1.807) is 20.8 Å². The number of aryl methyl sites for hydroxylation is 1. The highest BCUT2D eigenvalue weighted by Gasteiger charge is 2.74. The van der Waals surface area contributed by atoms with Gasteiger partial charge in [0.1, 0.15) is 11.8 Å². The summed E-state index contributed by atoms with van der Waals surface area (Å²) >= 11 is 8.24. The minimum absolute atomic E-state index is 0.159. The number of hydrogen-bond acceptors (Lipinski definition) is 6. The van der Waals surface area contributed by atoms with E-state index >= 15 is 0 Å². The summed E-state index contributed by atoms with van der Waals surface area (Å²) in [5, 5.41) is 11.2. The standard InChI is InChI=1S/C36H42ClN3O5S/c1-6-45-26-14-12-24(13-15-26)38-18-8-16-35(5)28(32(38)42)29-33(43)40(25(21-41)20-22(2)3)31-34(44)39(19-9-17-36(29,31)46-35)30-23(4)10-7-11-27(30)37/h7-17,22,25,28-29,31,41H,6,18-21H2,1-5H3/t25-,28-,29+,31?,35+,36+/m1/s1. The van der Waals surface area contributed by atoms with Gasteiger partial charge in [-0.2, -0.15) is 0 Å². The molecule has 0 radical (unpaired) electrons. The fourth-order valence-electron chi connectivity index (χ4n) is 7.96. The number of halogens is 1. The molecule has 1 unspecified atom stereocenters. The maximum atomic E-state index is 15.0. The molecule has 1 N–H and O–H groups in total. The molecule has 4 aliphatic rings. The zero-order chi connectivity index (χ0) is 33.0. The van der Waals surface area contributed by atoms with Gasteiger partial charge < -0.3 is 24.5 Å². The average molecular weight is 664 g/mol. The lowest BCUT2D eigenvalue weighted by atomic mass is 9.74. The van der Waals surface area contributed by atoms with Crippen molar-refractivity contribution in [2.75, 3.05) is 36.1 Å². The number of carbonyl (C=O) groups is 3. The van der Waals surface area contributed by atoms with Gasteiger partial charge in [-0.3, -0.25) is 14.4 Å². The lowest BCUT2D eigenvalue weighted by Gasteiger charge is -2.40. The van der Waals surface area contributed by atoms with Crippen molar-refractivity contribution in [3.63, 3.8) is 0 Å². The van der Waals surface area contributed by atoms with Crippen molar-refractivity contribution >= 4 is 52.5 Å². The Morgan fingerprint density at radius 1 is 0.978 bits per heavy atom. The third-order valence-electron chi connectivity index (χ3n) is 9.76.